The number of halogens is 3. The zero-order valence-electron chi connectivity index (χ0n) is 78.3. The first-order chi connectivity index (χ1) is 61.7. The molecule has 0 amide bonds. The second-order valence-corrected chi connectivity index (χ2v) is 43.8. The van der Waals surface area contributed by atoms with E-state index >= 15 is 0 Å². The van der Waals surface area contributed by atoms with Crippen LogP contribution in [0, 0.1) is 70.0 Å². The summed E-state index contributed by atoms with van der Waals surface area (Å²) in [6.45, 7) is 24.4. The third-order valence-electron chi connectivity index (χ3n) is 33.5. The Bertz CT molecular complexity index is 4830. The molecule has 12 atom stereocenters. The van der Waals surface area contributed by atoms with Crippen LogP contribution in [0.25, 0.3) is 22.3 Å². The number of ether oxygens (including phenoxy) is 6. The van der Waals surface area contributed by atoms with Crippen molar-refractivity contribution >= 4 is 34.8 Å². The molecule has 11 fully saturated rings. The molecule has 14 heteroatoms. The highest BCUT2D eigenvalue weighted by atomic mass is 35.5. The molecular weight excluding hydrogens is 1630 g/mol. The average Bonchev–Trinajstić information content (AvgIpc) is 1.81. The Kier molecular flexibility index (Phi) is 30.3. The van der Waals surface area contributed by atoms with Crippen molar-refractivity contribution in [2.45, 2.75) is 223 Å². The highest BCUT2D eigenvalue weighted by molar-refractivity contribution is 6.31. The lowest BCUT2D eigenvalue weighted by Gasteiger charge is -2.50. The second kappa shape index (κ2) is 41.7. The monoisotopic (exact) mass is 1780 g/mol. The van der Waals surface area contributed by atoms with Crippen LogP contribution in [-0.4, -0.2) is 164 Å². The van der Waals surface area contributed by atoms with Crippen molar-refractivity contribution < 1.29 is 28.4 Å². The number of methoxy groups -OCH3 is 6. The molecule has 14 aliphatic rings. The maximum Gasteiger partial charge on any atom is 0.130 e. The van der Waals surface area contributed by atoms with E-state index in [-0.39, 0.29) is 5.60 Å². The van der Waals surface area contributed by atoms with Crippen molar-refractivity contribution in [3.8, 4) is 51.0 Å². The van der Waals surface area contributed by atoms with E-state index in [0.29, 0.717) is 34.5 Å². The Morgan fingerprint density at radius 2 is 0.835 bits per heavy atom. The molecule has 682 valence electrons. The van der Waals surface area contributed by atoms with Gasteiger partial charge in [-0.05, 0) is 393 Å². The van der Waals surface area contributed by atoms with Gasteiger partial charge in [0.2, 0.25) is 0 Å². The van der Waals surface area contributed by atoms with Crippen molar-refractivity contribution in [3.63, 3.8) is 0 Å². The highest BCUT2D eigenvalue weighted by Crippen LogP contribution is 2.54. The molecule has 127 heavy (non-hydrogen) atoms. The lowest BCUT2D eigenvalue weighted by atomic mass is 9.63. The number of benzene rings is 7. The van der Waals surface area contributed by atoms with Gasteiger partial charge in [-0.2, -0.15) is 0 Å². The molecule has 7 aromatic carbocycles. The molecule has 0 spiro atoms. The van der Waals surface area contributed by atoms with E-state index in [1.54, 1.807) is 35.5 Å². The van der Waals surface area contributed by atoms with Crippen molar-refractivity contribution in [3.05, 3.63) is 231 Å². The first kappa shape index (κ1) is 92.2. The summed E-state index contributed by atoms with van der Waals surface area (Å²) in [7, 11) is 10.5. The largest absolute Gasteiger partial charge is 0.497 e. The third-order valence-corrected chi connectivity index (χ3v) is 34.2. The number of piperidine rings is 5. The minimum absolute atomic E-state index is 0.290. The van der Waals surface area contributed by atoms with Gasteiger partial charge in [-0.15, -0.1) is 0 Å². The highest BCUT2D eigenvalue weighted by Gasteiger charge is 2.47. The molecule has 21 rings (SSSR count). The second-order valence-electron chi connectivity index (χ2n) is 42.5. The number of fused-ring (bicyclic) bond motifs is 8. The minimum Gasteiger partial charge on any atom is -0.497 e. The summed E-state index contributed by atoms with van der Waals surface area (Å²) in [6.07, 6.45) is 45.2. The maximum absolute atomic E-state index is 6.26. The van der Waals surface area contributed by atoms with E-state index in [9.17, 15) is 0 Å². The fourth-order valence-corrected chi connectivity index (χ4v) is 27.9. The van der Waals surface area contributed by atoms with Gasteiger partial charge in [0.05, 0.1) is 41.2 Å². The molecule has 0 radical (unpaired) electrons. The number of likely N-dealkylation sites (tertiary alicyclic amines) is 5. The Morgan fingerprint density at radius 3 is 1.36 bits per heavy atom. The van der Waals surface area contributed by atoms with E-state index in [0.717, 1.165) is 153 Å². The standard InChI is InChI=1S/C26H33NO2.C24H26ClN.C22H35NO.C21H28ClNO2.C20H26ClNO/c1-28-21-9-10-24(26(17-21)29-2)23-6-4-3-5-22(23)19-11-13-27(14-12-19)25-16-18-7-8-20(25)15-18;25-21-9-7-18(8-10-21)22-3-1-2-4-23(22)19-11-13-26(14-12-19)24-16-17-5-6-20(24)15-17;1-21(2)14-18(15-22(3,4)16-21)23-12-10-17(11-13-23)19-8-6-7-9-20(19)24-5;1-24-20-6-5-18(22)13-19(20)21(25-2)7-9-23(10-8-21)14-17-12-15-3-4-16(17)11-15;1-23-20-5-4-18(21)12-19(20)15-6-8-22(9-7-15)13-17-11-14-2-3-16(17)10-14/h3-6,9-10,17-20,25H,7-8,11-16H2,1-2H3;1-10,17,19-20,24H,11-16H2;6-9,17-18H,10-16H2,1-5H3;3-6,13,15-17H,7-12,14H2,1-2H3;2-5,12,14-17H,6-11,13H2,1H3/t18-,20-,25-;17-,20-,24-;;15-,16-,17+;/m00.0./s1. The van der Waals surface area contributed by atoms with Crippen LogP contribution in [0.5, 0.6) is 28.7 Å². The van der Waals surface area contributed by atoms with Crippen molar-refractivity contribution in [1.29, 1.82) is 0 Å². The Morgan fingerprint density at radius 1 is 0.354 bits per heavy atom. The van der Waals surface area contributed by atoms with Gasteiger partial charge in [-0.1, -0.05) is 184 Å². The number of para-hydroxylation sites is 1. The maximum atomic E-state index is 6.26. The van der Waals surface area contributed by atoms with Crippen LogP contribution in [0.2, 0.25) is 15.1 Å². The van der Waals surface area contributed by atoms with Crippen LogP contribution >= 0.6 is 34.8 Å². The fraction of sp³-hybridized carbons (Fsp3) is 0.575. The van der Waals surface area contributed by atoms with Gasteiger partial charge in [-0.3, -0.25) is 4.90 Å². The molecule has 0 N–H and O–H groups in total. The summed E-state index contributed by atoms with van der Waals surface area (Å²) < 4.78 is 33.9. The van der Waals surface area contributed by atoms with Crippen LogP contribution in [0.4, 0.5) is 0 Å². The normalized spacial score (nSPS) is 28.6. The zero-order chi connectivity index (χ0) is 87.9. The molecule has 5 heterocycles. The topological polar surface area (TPSA) is 71.6 Å². The van der Waals surface area contributed by atoms with Crippen molar-refractivity contribution in [2.75, 3.05) is 121 Å². The van der Waals surface area contributed by atoms with Gasteiger partial charge < -0.3 is 48.0 Å². The third kappa shape index (κ3) is 21.9. The van der Waals surface area contributed by atoms with E-state index in [2.05, 4.69) is 186 Å². The van der Waals surface area contributed by atoms with E-state index < -0.39 is 0 Å². The van der Waals surface area contributed by atoms with Gasteiger partial charge in [0.15, 0.2) is 0 Å². The smallest absolute Gasteiger partial charge is 0.130 e. The molecule has 6 saturated carbocycles. The van der Waals surface area contributed by atoms with Crippen molar-refractivity contribution in [1.82, 2.24) is 24.5 Å². The molecule has 0 aromatic heterocycles. The number of nitrogens with zero attached hydrogens (tertiary/aromatic N) is 5. The first-order valence-electron chi connectivity index (χ1n) is 49.4. The summed E-state index contributed by atoms with van der Waals surface area (Å²) in [5, 5.41) is 2.36. The number of allylic oxidation sites excluding steroid dienone is 5. The van der Waals surface area contributed by atoms with Crippen LogP contribution in [0.1, 0.15) is 227 Å². The molecule has 11 nitrogen and oxygen atoms in total. The van der Waals surface area contributed by atoms with Gasteiger partial charge in [-0.25, -0.2) is 0 Å². The Balaban J connectivity index is 0.000000112. The first-order valence-corrected chi connectivity index (χ1v) is 50.6. The molecule has 5 aliphatic heterocycles. The molecule has 8 bridgehead atoms. The van der Waals surface area contributed by atoms with Crippen LogP contribution in [-0.2, 0) is 10.3 Å². The van der Waals surface area contributed by atoms with Crippen LogP contribution in [0.3, 0.4) is 0 Å². The summed E-state index contributed by atoms with van der Waals surface area (Å²) in [4.78, 5) is 13.7. The molecule has 7 aromatic rings. The van der Waals surface area contributed by atoms with Gasteiger partial charge in [0, 0.05) is 83.7 Å². The fourth-order valence-electron chi connectivity index (χ4n) is 27.4. The van der Waals surface area contributed by atoms with Crippen molar-refractivity contribution in [2.24, 2.45) is 70.0 Å². The van der Waals surface area contributed by atoms with E-state index in [4.69, 9.17) is 63.2 Å². The summed E-state index contributed by atoms with van der Waals surface area (Å²) in [6, 6.07) is 55.3. The Labute approximate surface area is 778 Å². The number of hydrogen-bond acceptors (Lipinski definition) is 11. The van der Waals surface area contributed by atoms with Gasteiger partial charge in [0.1, 0.15) is 28.7 Å². The lowest BCUT2D eigenvalue weighted by molar-refractivity contribution is -0.0659. The Hall–Kier alpha value is -6.61. The van der Waals surface area contributed by atoms with Crippen LogP contribution < -0.4 is 23.7 Å². The minimum atomic E-state index is -0.290. The molecule has 5 saturated heterocycles. The summed E-state index contributed by atoms with van der Waals surface area (Å²) in [5.41, 5.74) is 12.6. The van der Waals surface area contributed by atoms with Crippen LogP contribution in [0.15, 0.2) is 188 Å². The predicted octanol–water partition coefficient (Wildman–Crippen LogP) is 26.6. The predicted molar refractivity (Wildman–Crippen MR) is 526 cm³/mol. The zero-order valence-corrected chi connectivity index (χ0v) is 80.5. The molecule has 3 unspecified atom stereocenters. The van der Waals surface area contributed by atoms with E-state index in [1.807, 2.05) is 61.7 Å². The molecule has 9 aliphatic carbocycles. The molecular formula is C113H148Cl3N5O6. The number of rotatable bonds is 20. The van der Waals surface area contributed by atoms with Gasteiger partial charge in [0.25, 0.3) is 0 Å². The average molecular weight is 1780 g/mol. The summed E-state index contributed by atoms with van der Waals surface area (Å²) >= 11 is 18.5. The lowest BCUT2D eigenvalue weighted by Crippen LogP contribution is -2.48. The van der Waals surface area contributed by atoms with Gasteiger partial charge >= 0.3 is 0 Å². The number of hydrogen-bond donors (Lipinski definition) is 0. The SMILES string of the molecule is COc1ccc(-c2ccccc2C2CCN([C@H]3C[C@H]4CC[C@H]3C4)CC2)c(OC)c1.COc1ccc(Cl)cc1C1(OC)CCN(C[C@H]2C[C@H]3C=C[C@H]2C3)CC1.COc1ccc(Cl)cc1C1CCN(CC2CC3C=CC2C3)CC1.COc1ccccc1C1CCN(C2CC(C)(C)CC(C)(C)C2)CC1.Clc1ccc(-c2ccccc2C2CCN([C@H]3C[C@H]4C=C[C@H]3C4)CC2)cc1. The summed E-state index contributed by atoms with van der Waals surface area (Å²) in [5.74, 6) is 16.1. The quantitative estimate of drug-likeness (QED) is 0.0685. The van der Waals surface area contributed by atoms with E-state index in [1.165, 1.54) is 245 Å².